The van der Waals surface area contributed by atoms with Gasteiger partial charge < -0.3 is 20.3 Å². The molecule has 0 bridgehead atoms. The first-order valence-electron chi connectivity index (χ1n) is 8.70. The minimum Gasteiger partial charge on any atom is -0.376 e. The summed E-state index contributed by atoms with van der Waals surface area (Å²) in [5, 5.41) is 14.5. The summed E-state index contributed by atoms with van der Waals surface area (Å²) < 4.78 is 0. The predicted octanol–water partition coefficient (Wildman–Crippen LogP) is 2.95. The molecule has 6 nitrogen and oxygen atoms in total. The van der Waals surface area contributed by atoms with E-state index in [2.05, 4.69) is 10.3 Å². The minimum atomic E-state index is -1.65. The molecule has 1 atom stereocenters. The summed E-state index contributed by atoms with van der Waals surface area (Å²) in [5.74, 6) is -0.578. The van der Waals surface area contributed by atoms with Gasteiger partial charge in [-0.2, -0.15) is 0 Å². The number of benzene rings is 1. The summed E-state index contributed by atoms with van der Waals surface area (Å²) >= 11 is 11.7. The van der Waals surface area contributed by atoms with Crippen LogP contribution in [0.2, 0.25) is 10.0 Å². The van der Waals surface area contributed by atoms with Gasteiger partial charge >= 0.3 is 0 Å². The number of carbonyl (C=O) groups is 2. The molecular weight excluding hydrogens is 389 g/mol. The van der Waals surface area contributed by atoms with Gasteiger partial charge in [-0.15, -0.1) is 0 Å². The van der Waals surface area contributed by atoms with Crippen molar-refractivity contribution in [3.05, 3.63) is 57.8 Å². The van der Waals surface area contributed by atoms with Crippen molar-refractivity contribution in [2.75, 3.05) is 13.1 Å². The van der Waals surface area contributed by atoms with Crippen LogP contribution < -0.4 is 5.32 Å². The van der Waals surface area contributed by atoms with Crippen molar-refractivity contribution in [3.63, 3.8) is 0 Å². The third-order valence-electron chi connectivity index (χ3n) is 4.84. The Bertz CT molecular complexity index is 825. The quantitative estimate of drug-likeness (QED) is 0.725. The van der Waals surface area contributed by atoms with E-state index in [1.807, 2.05) is 0 Å². The maximum absolute atomic E-state index is 12.6. The lowest BCUT2D eigenvalue weighted by Gasteiger charge is -2.34. The van der Waals surface area contributed by atoms with E-state index in [0.717, 1.165) is 0 Å². The molecule has 27 heavy (non-hydrogen) atoms. The van der Waals surface area contributed by atoms with Crippen molar-refractivity contribution in [3.8, 4) is 0 Å². The monoisotopic (exact) mass is 409 g/mol. The summed E-state index contributed by atoms with van der Waals surface area (Å²) in [6.45, 7) is 2.49. The highest BCUT2D eigenvalue weighted by Crippen LogP contribution is 2.24. The smallest absolute Gasteiger partial charge is 0.270 e. The largest absolute Gasteiger partial charge is 0.376 e. The maximum atomic E-state index is 12.6. The van der Waals surface area contributed by atoms with Crippen LogP contribution in [0.4, 0.5) is 0 Å². The van der Waals surface area contributed by atoms with E-state index in [0.29, 0.717) is 47.2 Å². The number of rotatable bonds is 4. The van der Waals surface area contributed by atoms with Crippen molar-refractivity contribution in [1.82, 2.24) is 15.2 Å². The zero-order valence-corrected chi connectivity index (χ0v) is 16.3. The van der Waals surface area contributed by atoms with Gasteiger partial charge in [-0.3, -0.25) is 9.59 Å². The highest BCUT2D eigenvalue weighted by molar-refractivity contribution is 6.31. The van der Waals surface area contributed by atoms with Gasteiger partial charge in [0, 0.05) is 30.4 Å². The molecule has 8 heteroatoms. The van der Waals surface area contributed by atoms with Crippen LogP contribution in [0.15, 0.2) is 36.5 Å². The molecule has 1 saturated heterocycles. The van der Waals surface area contributed by atoms with E-state index in [1.165, 1.54) is 6.92 Å². The van der Waals surface area contributed by atoms with E-state index in [9.17, 15) is 14.7 Å². The van der Waals surface area contributed by atoms with Gasteiger partial charge in [0.15, 0.2) is 5.60 Å². The topological polar surface area (TPSA) is 85.4 Å². The fourth-order valence-electron chi connectivity index (χ4n) is 3.12. The Kier molecular flexibility index (Phi) is 5.79. The van der Waals surface area contributed by atoms with Crippen LogP contribution in [0, 0.1) is 0 Å². The number of aromatic amines is 1. The van der Waals surface area contributed by atoms with Crippen LogP contribution >= 0.6 is 23.2 Å². The Morgan fingerprint density at radius 3 is 2.37 bits per heavy atom. The third-order valence-corrected chi connectivity index (χ3v) is 5.31. The Hall–Kier alpha value is -2.02. The number of H-pyrrole nitrogens is 1. The molecule has 2 amide bonds. The number of likely N-dealkylation sites (tertiary alicyclic amines) is 1. The zero-order chi connectivity index (χ0) is 19.6. The standard InChI is InChI=1S/C19H21Cl2N3O3/c1-19(27,12-2-4-13(20)5-3-12)18(26)23-15-6-8-24(9-7-15)17(25)16-10-14(21)11-22-16/h2-5,10-11,15,22,27H,6-9H2,1H3,(H,23,26). The molecule has 2 aromatic rings. The number of nitrogens with zero attached hydrogens (tertiary/aromatic N) is 1. The van der Waals surface area contributed by atoms with Crippen molar-refractivity contribution in [1.29, 1.82) is 0 Å². The van der Waals surface area contributed by atoms with Gasteiger partial charge in [0.1, 0.15) is 5.69 Å². The molecule has 3 N–H and O–H groups in total. The lowest BCUT2D eigenvalue weighted by atomic mass is 9.94. The van der Waals surface area contributed by atoms with Crippen LogP contribution in [0.5, 0.6) is 0 Å². The molecule has 0 aliphatic carbocycles. The number of piperidine rings is 1. The number of amides is 2. The van der Waals surface area contributed by atoms with Crippen molar-refractivity contribution >= 4 is 35.0 Å². The highest BCUT2D eigenvalue weighted by Gasteiger charge is 2.35. The molecule has 0 spiro atoms. The van der Waals surface area contributed by atoms with E-state index in [-0.39, 0.29) is 11.9 Å². The lowest BCUT2D eigenvalue weighted by Crippen LogP contribution is -2.51. The molecule has 0 saturated carbocycles. The number of aliphatic hydroxyl groups is 1. The first-order valence-corrected chi connectivity index (χ1v) is 9.45. The Labute approximate surface area is 167 Å². The number of halogens is 2. The van der Waals surface area contributed by atoms with Gasteiger partial charge in [0.2, 0.25) is 0 Å². The van der Waals surface area contributed by atoms with Crippen LogP contribution in [0.25, 0.3) is 0 Å². The average Bonchev–Trinajstić information content (AvgIpc) is 3.08. The Morgan fingerprint density at radius 2 is 1.81 bits per heavy atom. The molecule has 3 rings (SSSR count). The minimum absolute atomic E-state index is 0.104. The summed E-state index contributed by atoms with van der Waals surface area (Å²) in [5.41, 5.74) is -0.729. The second-order valence-corrected chi connectivity index (χ2v) is 7.72. The van der Waals surface area contributed by atoms with E-state index in [4.69, 9.17) is 23.2 Å². The first-order chi connectivity index (χ1) is 12.8. The number of hydrogen-bond acceptors (Lipinski definition) is 3. The average molecular weight is 410 g/mol. The molecule has 2 heterocycles. The van der Waals surface area contributed by atoms with Crippen molar-refractivity contribution in [2.45, 2.75) is 31.4 Å². The summed E-state index contributed by atoms with van der Waals surface area (Å²) in [6.07, 6.45) is 2.80. The molecular formula is C19H21Cl2N3O3. The summed E-state index contributed by atoms with van der Waals surface area (Å²) in [6, 6.07) is 8.02. The molecule has 1 aliphatic rings. The van der Waals surface area contributed by atoms with Gasteiger partial charge in [0.25, 0.3) is 11.8 Å². The van der Waals surface area contributed by atoms with Gasteiger partial charge in [-0.05, 0) is 43.5 Å². The van der Waals surface area contributed by atoms with Crippen molar-refractivity contribution in [2.24, 2.45) is 0 Å². The van der Waals surface area contributed by atoms with Crippen LogP contribution in [-0.4, -0.2) is 45.9 Å². The van der Waals surface area contributed by atoms with Gasteiger partial charge in [0.05, 0.1) is 5.02 Å². The Morgan fingerprint density at radius 1 is 1.19 bits per heavy atom. The first kappa shape index (κ1) is 19.7. The fraction of sp³-hybridized carbons (Fsp3) is 0.368. The predicted molar refractivity (Wildman–Crippen MR) is 104 cm³/mol. The second kappa shape index (κ2) is 7.92. The van der Waals surface area contributed by atoms with Crippen LogP contribution in [-0.2, 0) is 10.4 Å². The lowest BCUT2D eigenvalue weighted by molar-refractivity contribution is -0.140. The third kappa shape index (κ3) is 4.46. The molecule has 1 fully saturated rings. The second-order valence-electron chi connectivity index (χ2n) is 6.85. The maximum Gasteiger partial charge on any atom is 0.270 e. The zero-order valence-electron chi connectivity index (χ0n) is 14.8. The Balaban J connectivity index is 1.56. The molecule has 1 aliphatic heterocycles. The van der Waals surface area contributed by atoms with E-state index < -0.39 is 11.5 Å². The number of hydrogen-bond donors (Lipinski definition) is 3. The van der Waals surface area contributed by atoms with Crippen LogP contribution in [0.3, 0.4) is 0 Å². The van der Waals surface area contributed by atoms with Gasteiger partial charge in [-0.1, -0.05) is 35.3 Å². The molecule has 144 valence electrons. The SMILES string of the molecule is CC(O)(C(=O)NC1CCN(C(=O)c2cc(Cl)c[nH]2)CC1)c1ccc(Cl)cc1. The fourth-order valence-corrected chi connectivity index (χ4v) is 3.41. The van der Waals surface area contributed by atoms with Crippen LogP contribution in [0.1, 0.15) is 35.8 Å². The summed E-state index contributed by atoms with van der Waals surface area (Å²) in [7, 11) is 0. The molecule has 1 unspecified atom stereocenters. The number of aromatic nitrogens is 1. The highest BCUT2D eigenvalue weighted by atomic mass is 35.5. The van der Waals surface area contributed by atoms with Crippen molar-refractivity contribution < 1.29 is 14.7 Å². The normalized spacial score (nSPS) is 17.4. The molecule has 0 radical (unpaired) electrons. The van der Waals surface area contributed by atoms with E-state index >= 15 is 0 Å². The molecule has 1 aromatic carbocycles. The van der Waals surface area contributed by atoms with Gasteiger partial charge in [-0.25, -0.2) is 0 Å². The molecule has 1 aromatic heterocycles. The summed E-state index contributed by atoms with van der Waals surface area (Å²) in [4.78, 5) is 29.6. The number of carbonyl (C=O) groups excluding carboxylic acids is 2. The number of nitrogens with one attached hydrogen (secondary N) is 2. The van der Waals surface area contributed by atoms with E-state index in [1.54, 1.807) is 41.4 Å².